The lowest BCUT2D eigenvalue weighted by Gasteiger charge is -2.43. The lowest BCUT2D eigenvalue weighted by Crippen LogP contribution is -2.68. The number of rotatable bonds is 5. The molecule has 2 nitrogen and oxygen atoms in total. The Morgan fingerprint density at radius 3 is 2.29 bits per heavy atom. The molecular formula is C18H26O2Si. The summed E-state index contributed by atoms with van der Waals surface area (Å²) < 4.78 is 6.50. The summed E-state index contributed by atoms with van der Waals surface area (Å²) in [6.45, 7) is 7.86. The van der Waals surface area contributed by atoms with Gasteiger partial charge in [-0.2, -0.15) is 0 Å². The minimum Gasteiger partial charge on any atom is -0.403 e. The van der Waals surface area contributed by atoms with E-state index in [1.54, 1.807) is 0 Å². The summed E-state index contributed by atoms with van der Waals surface area (Å²) >= 11 is 0. The van der Waals surface area contributed by atoms with Gasteiger partial charge >= 0.3 is 0 Å². The van der Waals surface area contributed by atoms with E-state index in [0.717, 1.165) is 18.0 Å². The van der Waals surface area contributed by atoms with Crippen LogP contribution < -0.4 is 5.19 Å². The van der Waals surface area contributed by atoms with Crippen LogP contribution in [-0.2, 0) is 4.43 Å². The number of benzene rings is 1. The second kappa shape index (κ2) is 6.30. The maximum absolute atomic E-state index is 11.0. The zero-order valence-corrected chi connectivity index (χ0v) is 14.5. The number of hydrogen-bond acceptors (Lipinski definition) is 2. The molecule has 21 heavy (non-hydrogen) atoms. The van der Waals surface area contributed by atoms with Crippen molar-refractivity contribution in [3.8, 4) is 0 Å². The summed E-state index contributed by atoms with van der Waals surface area (Å²) in [4.78, 5) is 0. The molecule has 114 valence electrons. The van der Waals surface area contributed by atoms with Crippen LogP contribution >= 0.6 is 0 Å². The van der Waals surface area contributed by atoms with Gasteiger partial charge in [-0.25, -0.2) is 0 Å². The molecule has 0 heterocycles. The van der Waals surface area contributed by atoms with Crippen molar-refractivity contribution in [2.45, 2.75) is 51.9 Å². The molecule has 0 saturated heterocycles. The molecule has 0 bridgehead atoms. The predicted molar refractivity (Wildman–Crippen MR) is 90.8 cm³/mol. The molecule has 1 aliphatic rings. The molecular weight excluding hydrogens is 276 g/mol. The van der Waals surface area contributed by atoms with Crippen molar-refractivity contribution in [1.82, 2.24) is 0 Å². The van der Waals surface area contributed by atoms with Crippen LogP contribution in [0.25, 0.3) is 0 Å². The largest absolute Gasteiger partial charge is 0.403 e. The fraction of sp³-hybridized carbons (Fsp3) is 0.444. The molecule has 1 N–H and O–H groups in total. The summed E-state index contributed by atoms with van der Waals surface area (Å²) in [6, 6.07) is 10.2. The van der Waals surface area contributed by atoms with Gasteiger partial charge in [0.25, 0.3) is 8.32 Å². The van der Waals surface area contributed by atoms with E-state index in [1.165, 1.54) is 5.20 Å². The van der Waals surface area contributed by atoms with Gasteiger partial charge in [-0.15, -0.1) is 0 Å². The maximum atomic E-state index is 11.0. The molecule has 2 rings (SSSR count). The molecule has 0 saturated carbocycles. The van der Waals surface area contributed by atoms with Crippen LogP contribution in [0, 0.1) is 0 Å². The van der Waals surface area contributed by atoms with Crippen LogP contribution in [0.4, 0.5) is 0 Å². The zero-order valence-electron chi connectivity index (χ0n) is 13.5. The summed E-state index contributed by atoms with van der Waals surface area (Å²) in [5.74, 6) is 0. The first-order chi connectivity index (χ1) is 9.88. The lowest BCUT2D eigenvalue weighted by atomic mass is 10.2. The predicted octanol–water partition coefficient (Wildman–Crippen LogP) is 3.39. The SMILES string of the molecule is CC(C)O[Si](C1=CCCC=C1)(c1ccccc1)C(C)(C)O. The first kappa shape index (κ1) is 16.2. The molecule has 1 aromatic carbocycles. The standard InChI is InChI=1S/C18H26O2Si/c1-15(2)20-21(18(3,4)19,16-11-7-5-8-12-16)17-13-9-6-10-14-17/h5,7-9,11-15,19H,6,10H2,1-4H3. The van der Waals surface area contributed by atoms with Crippen molar-refractivity contribution >= 4 is 13.5 Å². The fourth-order valence-corrected chi connectivity index (χ4v) is 7.51. The van der Waals surface area contributed by atoms with Gasteiger partial charge in [0.15, 0.2) is 0 Å². The van der Waals surface area contributed by atoms with Crippen LogP contribution in [0.5, 0.6) is 0 Å². The molecule has 0 radical (unpaired) electrons. The van der Waals surface area contributed by atoms with E-state index in [-0.39, 0.29) is 6.10 Å². The van der Waals surface area contributed by atoms with Crippen LogP contribution in [0.3, 0.4) is 0 Å². The second-order valence-electron chi connectivity index (χ2n) is 6.41. The highest BCUT2D eigenvalue weighted by atomic mass is 28.4. The minimum atomic E-state index is -2.71. The van der Waals surface area contributed by atoms with Gasteiger partial charge in [-0.1, -0.05) is 48.6 Å². The molecule has 1 aliphatic carbocycles. The van der Waals surface area contributed by atoms with E-state index < -0.39 is 13.5 Å². The zero-order chi connectivity index (χ0) is 15.5. The average molecular weight is 302 g/mol. The van der Waals surface area contributed by atoms with E-state index >= 15 is 0 Å². The maximum Gasteiger partial charge on any atom is 0.286 e. The third kappa shape index (κ3) is 3.20. The van der Waals surface area contributed by atoms with Gasteiger partial charge < -0.3 is 9.53 Å². The summed E-state index contributed by atoms with van der Waals surface area (Å²) in [6.07, 6.45) is 8.75. The fourth-order valence-electron chi connectivity index (χ4n) is 3.05. The van der Waals surface area contributed by atoms with E-state index in [1.807, 2.05) is 45.9 Å². The van der Waals surface area contributed by atoms with E-state index in [9.17, 15) is 5.11 Å². The first-order valence-electron chi connectivity index (χ1n) is 7.71. The third-order valence-electron chi connectivity index (χ3n) is 3.86. The van der Waals surface area contributed by atoms with E-state index in [4.69, 9.17) is 4.43 Å². The van der Waals surface area contributed by atoms with Gasteiger partial charge in [-0.3, -0.25) is 0 Å². The molecule has 0 aromatic heterocycles. The average Bonchev–Trinajstić information content (AvgIpc) is 2.45. The van der Waals surface area contributed by atoms with Gasteiger partial charge in [0.2, 0.25) is 0 Å². The minimum absolute atomic E-state index is 0.0690. The Kier molecular flexibility index (Phi) is 4.87. The molecule has 1 atom stereocenters. The van der Waals surface area contributed by atoms with Crippen molar-refractivity contribution < 1.29 is 9.53 Å². The van der Waals surface area contributed by atoms with Crippen molar-refractivity contribution in [3.05, 3.63) is 53.8 Å². The third-order valence-corrected chi connectivity index (χ3v) is 8.73. The van der Waals surface area contributed by atoms with Crippen LogP contribution in [-0.4, -0.2) is 24.8 Å². The molecule has 1 aromatic rings. The smallest absolute Gasteiger partial charge is 0.286 e. The van der Waals surface area contributed by atoms with Crippen LogP contribution in [0.15, 0.2) is 53.8 Å². The van der Waals surface area contributed by atoms with Crippen LogP contribution in [0.2, 0.25) is 0 Å². The molecule has 3 heteroatoms. The Hall–Kier alpha value is -1.16. The molecule has 0 fully saturated rings. The highest BCUT2D eigenvalue weighted by molar-refractivity contribution is 6.95. The van der Waals surface area contributed by atoms with Crippen LogP contribution in [0.1, 0.15) is 40.5 Å². The molecule has 0 amide bonds. The Morgan fingerprint density at radius 1 is 1.14 bits per heavy atom. The molecule has 1 unspecified atom stereocenters. The van der Waals surface area contributed by atoms with Crippen molar-refractivity contribution in [3.63, 3.8) is 0 Å². The Balaban J connectivity index is 2.65. The topological polar surface area (TPSA) is 29.5 Å². The number of aliphatic hydroxyl groups is 1. The highest BCUT2D eigenvalue weighted by Crippen LogP contribution is 2.32. The number of hydrogen-bond donors (Lipinski definition) is 1. The Bertz CT molecular complexity index is 526. The second-order valence-corrected chi connectivity index (χ2v) is 10.4. The number of allylic oxidation sites excluding steroid dienone is 4. The molecule has 0 aliphatic heterocycles. The first-order valence-corrected chi connectivity index (χ1v) is 9.61. The summed E-state index contributed by atoms with van der Waals surface area (Å²) in [7, 11) is -2.71. The van der Waals surface area contributed by atoms with E-state index in [2.05, 4.69) is 30.4 Å². The Morgan fingerprint density at radius 2 is 1.81 bits per heavy atom. The molecule has 0 spiro atoms. The summed E-state index contributed by atoms with van der Waals surface area (Å²) in [5, 5.41) is 12.5. The van der Waals surface area contributed by atoms with Gasteiger partial charge in [-0.05, 0) is 50.9 Å². The van der Waals surface area contributed by atoms with Gasteiger partial charge in [0.05, 0.1) is 5.22 Å². The van der Waals surface area contributed by atoms with Gasteiger partial charge in [0.1, 0.15) is 0 Å². The quantitative estimate of drug-likeness (QED) is 0.845. The summed E-state index contributed by atoms with van der Waals surface area (Å²) in [5.41, 5.74) is 0. The van der Waals surface area contributed by atoms with E-state index in [0.29, 0.717) is 0 Å². The normalized spacial score (nSPS) is 18.5. The highest BCUT2D eigenvalue weighted by Gasteiger charge is 2.53. The monoisotopic (exact) mass is 302 g/mol. The van der Waals surface area contributed by atoms with Gasteiger partial charge in [0, 0.05) is 6.10 Å². The Labute approximate surface area is 129 Å². The van der Waals surface area contributed by atoms with Crippen molar-refractivity contribution in [1.29, 1.82) is 0 Å². The van der Waals surface area contributed by atoms with Crippen molar-refractivity contribution in [2.24, 2.45) is 0 Å². The van der Waals surface area contributed by atoms with Crippen molar-refractivity contribution in [2.75, 3.05) is 0 Å². The lowest BCUT2D eigenvalue weighted by molar-refractivity contribution is 0.111.